The summed E-state index contributed by atoms with van der Waals surface area (Å²) >= 11 is 24.1. The number of halogens is 8. The quantitative estimate of drug-likeness (QED) is 0.105. The van der Waals surface area contributed by atoms with Crippen LogP contribution in [0.3, 0.4) is 0 Å². The van der Waals surface area contributed by atoms with E-state index in [0.717, 1.165) is 48.1 Å². The van der Waals surface area contributed by atoms with Crippen molar-refractivity contribution < 1.29 is 42.2 Å². The van der Waals surface area contributed by atoms with Crippen LogP contribution < -0.4 is 40.3 Å². The van der Waals surface area contributed by atoms with Crippen molar-refractivity contribution in [3.05, 3.63) is 235 Å². The van der Waals surface area contributed by atoms with Crippen molar-refractivity contribution >= 4 is 125 Å². The topological polar surface area (TPSA) is 77.4 Å². The highest BCUT2D eigenvalue weighted by Crippen LogP contribution is 2.42. The molecule has 0 aliphatic carbocycles. The molecule has 0 aliphatic heterocycles. The minimum Gasteiger partial charge on any atom is -0.496 e. The van der Waals surface area contributed by atoms with Crippen LogP contribution in [-0.4, -0.2) is 45.6 Å². The molecule has 10 aromatic carbocycles. The molecule has 10 aromatic rings. The second-order valence-electron chi connectivity index (χ2n) is 16.9. The van der Waals surface area contributed by atoms with E-state index in [1.165, 1.54) is 60.0 Å². The van der Waals surface area contributed by atoms with Crippen molar-refractivity contribution in [2.75, 3.05) is 28.4 Å². The zero-order chi connectivity index (χ0) is 55.3. The van der Waals surface area contributed by atoms with Crippen LogP contribution in [0.4, 0.5) is 13.2 Å². The predicted molar refractivity (Wildman–Crippen MR) is 321 cm³/mol. The number of rotatable bonds is 10. The van der Waals surface area contributed by atoms with Gasteiger partial charge in [-0.25, -0.2) is 13.2 Å². The number of benzene rings is 10. The van der Waals surface area contributed by atoms with E-state index in [4.69, 9.17) is 63.8 Å². The molecule has 6 nitrogen and oxygen atoms in total. The fraction of sp³-hybridized carbons (Fsp3) is 0.0820. The summed E-state index contributed by atoms with van der Waals surface area (Å²) in [7, 11) is 4.10. The van der Waals surface area contributed by atoms with Crippen molar-refractivity contribution in [2.24, 2.45) is 0 Å². The van der Waals surface area contributed by atoms with Crippen LogP contribution in [0.25, 0.3) is 43.8 Å². The normalized spacial score (nSPS) is 10.6. The first-order valence-electron chi connectivity index (χ1n) is 23.4. The molecule has 0 spiro atoms. The summed E-state index contributed by atoms with van der Waals surface area (Å²) in [6.45, 7) is 2.20. The van der Waals surface area contributed by atoms with E-state index < -0.39 is 32.5 Å². The molecule has 10 rings (SSSR count). The maximum absolute atomic E-state index is 14.6. The average molecular weight is 1240 g/mol. The summed E-state index contributed by atoms with van der Waals surface area (Å²) in [6, 6.07) is 58.2. The summed E-state index contributed by atoms with van der Waals surface area (Å²) in [4.78, 5) is 0. The third kappa shape index (κ3) is 14.8. The fourth-order valence-electron chi connectivity index (χ4n) is 8.15. The van der Waals surface area contributed by atoms with Gasteiger partial charge in [-0.3, -0.25) is 0 Å². The molecular formula is C61H48BBr2Cl3F3O6P. The lowest BCUT2D eigenvalue weighted by atomic mass is 9.80. The smallest absolute Gasteiger partial charge is 0.491 e. The van der Waals surface area contributed by atoms with Crippen LogP contribution >= 0.6 is 74.6 Å². The molecule has 0 radical (unpaired) electrons. The zero-order valence-electron chi connectivity index (χ0n) is 42.0. The van der Waals surface area contributed by atoms with E-state index in [2.05, 4.69) is 124 Å². The van der Waals surface area contributed by atoms with Crippen molar-refractivity contribution in [1.82, 2.24) is 0 Å². The number of hydrogen-bond acceptors (Lipinski definition) is 6. The Morgan fingerprint density at radius 1 is 0.416 bits per heavy atom. The van der Waals surface area contributed by atoms with Crippen LogP contribution in [0, 0.1) is 24.4 Å². The third-order valence-electron chi connectivity index (χ3n) is 11.9. The molecule has 2 N–H and O–H groups in total. The van der Waals surface area contributed by atoms with Gasteiger partial charge in [0, 0.05) is 42.8 Å². The van der Waals surface area contributed by atoms with Gasteiger partial charge < -0.3 is 29.0 Å². The molecule has 0 aromatic heterocycles. The number of methoxy groups -OCH3 is 4. The van der Waals surface area contributed by atoms with Gasteiger partial charge in [0.25, 0.3) is 0 Å². The van der Waals surface area contributed by atoms with Gasteiger partial charge in [-0.05, 0) is 187 Å². The lowest BCUT2D eigenvalue weighted by Gasteiger charge is -2.21. The van der Waals surface area contributed by atoms with E-state index in [9.17, 15) is 13.2 Å². The highest BCUT2D eigenvalue weighted by atomic mass is 79.9. The van der Waals surface area contributed by atoms with Gasteiger partial charge in [-0.15, -0.1) is 0 Å². The number of aryl methyl sites for hydroxylation is 1. The number of ether oxygens (including phenoxy) is 4. The standard InChI is InChI=1S/C24H16Cl2F2O2.C19H17P.C12H10Br2O2.C6H5BClFO2/c1-29-23-9-14-10-24(30-2)20(18-6-4-16(26)12-22(18)28)8-13(14)7-19(23)17-5-3-15(25)11-21(17)27;1-16-10-8-9-15-19(16)20(17-11-4-2-5-12-17)18-13-6-3-7-14-18;1-15-11-5-8-6-12(16-2)10(14)4-7(8)3-9(11)13;8-4-1-2-5(7(10)11)6(9)3-4/h3-12H,1-2H3;2-15H,1H3;3-6H,1-2H3;1-3,10-11H. The molecule has 0 heterocycles. The third-order valence-corrected chi connectivity index (χ3v) is 16.5. The summed E-state index contributed by atoms with van der Waals surface area (Å²) in [5, 5.41) is 26.0. The van der Waals surface area contributed by atoms with Gasteiger partial charge in [-0.2, -0.15) is 0 Å². The molecule has 0 amide bonds. The summed E-state index contributed by atoms with van der Waals surface area (Å²) in [5.41, 5.74) is 3.03. The Kier molecular flexibility index (Phi) is 20.9. The molecule has 0 aliphatic rings. The summed E-state index contributed by atoms with van der Waals surface area (Å²) in [5.74, 6) is 0.990. The Balaban J connectivity index is 0.000000159. The van der Waals surface area contributed by atoms with Gasteiger partial charge in [0.2, 0.25) is 0 Å². The Hall–Kier alpha value is -6.05. The van der Waals surface area contributed by atoms with Crippen molar-refractivity contribution in [3.8, 4) is 45.3 Å². The number of fused-ring (bicyclic) bond motifs is 2. The molecule has 392 valence electrons. The summed E-state index contributed by atoms with van der Waals surface area (Å²) < 4.78 is 65.3. The van der Waals surface area contributed by atoms with Crippen LogP contribution in [-0.2, 0) is 0 Å². The van der Waals surface area contributed by atoms with Gasteiger partial charge in [0.1, 0.15) is 40.4 Å². The van der Waals surface area contributed by atoms with Crippen molar-refractivity contribution in [2.45, 2.75) is 6.92 Å². The second-order valence-corrected chi connectivity index (χ2v) is 22.1. The Bertz CT molecular complexity index is 3480. The lowest BCUT2D eigenvalue weighted by Crippen LogP contribution is -2.32. The van der Waals surface area contributed by atoms with Gasteiger partial charge in [0.05, 0.1) is 37.4 Å². The van der Waals surface area contributed by atoms with Crippen molar-refractivity contribution in [3.63, 3.8) is 0 Å². The van der Waals surface area contributed by atoms with Crippen molar-refractivity contribution in [1.29, 1.82) is 0 Å². The maximum atomic E-state index is 14.6. The Morgan fingerprint density at radius 2 is 0.779 bits per heavy atom. The lowest BCUT2D eigenvalue weighted by molar-refractivity contribution is 0.411. The zero-order valence-corrected chi connectivity index (χ0v) is 48.3. The molecule has 0 saturated heterocycles. The largest absolute Gasteiger partial charge is 0.496 e. The fourth-order valence-corrected chi connectivity index (χ4v) is 12.1. The highest BCUT2D eigenvalue weighted by molar-refractivity contribution is 9.11. The molecule has 0 atom stereocenters. The molecule has 77 heavy (non-hydrogen) atoms. The molecule has 0 saturated carbocycles. The highest BCUT2D eigenvalue weighted by Gasteiger charge is 2.20. The molecule has 0 bridgehead atoms. The van der Waals surface area contributed by atoms with Crippen LogP contribution in [0.2, 0.25) is 15.1 Å². The minimum atomic E-state index is -1.78. The van der Waals surface area contributed by atoms with E-state index >= 15 is 0 Å². The molecule has 0 fully saturated rings. The first kappa shape index (κ1) is 58.6. The van der Waals surface area contributed by atoms with E-state index in [1.54, 1.807) is 62.8 Å². The monoisotopic (exact) mass is 1240 g/mol. The molecule has 0 unspecified atom stereocenters. The van der Waals surface area contributed by atoms with E-state index in [1.807, 2.05) is 24.3 Å². The molecule has 16 heteroatoms. The van der Waals surface area contributed by atoms with Crippen LogP contribution in [0.15, 0.2) is 197 Å². The van der Waals surface area contributed by atoms with Crippen LogP contribution in [0.1, 0.15) is 5.56 Å². The van der Waals surface area contributed by atoms with E-state index in [-0.39, 0.29) is 10.5 Å². The SMILES string of the molecule is COc1cc2cc(OC)c(-c3ccc(Cl)cc3F)cc2cc1-c1ccc(Cl)cc1F.COc1cc2cc(OC)c(Br)cc2cc1Br.Cc1ccccc1P(c1ccccc1)c1ccccc1.OB(O)c1ccc(Cl)cc1F. The first-order chi connectivity index (χ1) is 37.0. The Morgan fingerprint density at radius 3 is 1.17 bits per heavy atom. The van der Waals surface area contributed by atoms with Gasteiger partial charge in [0.15, 0.2) is 0 Å². The van der Waals surface area contributed by atoms with Gasteiger partial charge >= 0.3 is 7.12 Å². The predicted octanol–water partition coefficient (Wildman–Crippen LogP) is 16.1. The van der Waals surface area contributed by atoms with E-state index in [0.29, 0.717) is 43.8 Å². The average Bonchev–Trinajstić information content (AvgIpc) is 3.42. The first-order valence-corrected chi connectivity index (χ1v) is 27.5. The minimum absolute atomic E-state index is 0.172. The maximum Gasteiger partial charge on any atom is 0.491 e. The van der Waals surface area contributed by atoms with Gasteiger partial charge in [-0.1, -0.05) is 126 Å². The molecular weight excluding hydrogens is 1190 g/mol. The van der Waals surface area contributed by atoms with Crippen LogP contribution in [0.5, 0.6) is 23.0 Å². The summed E-state index contributed by atoms with van der Waals surface area (Å²) in [6.07, 6.45) is 0. The second kappa shape index (κ2) is 27.5. The Labute approximate surface area is 479 Å². The number of hydrogen-bond donors (Lipinski definition) is 2.